The number of benzene rings is 1. The van der Waals surface area contributed by atoms with E-state index in [1.54, 1.807) is 12.1 Å². The highest BCUT2D eigenvalue weighted by Gasteiger charge is 2.28. The second kappa shape index (κ2) is 4.22. The molecule has 16 heavy (non-hydrogen) atoms. The van der Waals surface area contributed by atoms with Gasteiger partial charge in [-0.15, -0.1) is 0 Å². The first-order chi connectivity index (χ1) is 7.58. The molecule has 0 aromatic heterocycles. The molecule has 1 saturated carbocycles. The van der Waals surface area contributed by atoms with Crippen molar-refractivity contribution in [1.82, 2.24) is 0 Å². The van der Waals surface area contributed by atoms with Crippen molar-refractivity contribution >= 4 is 5.69 Å². The first-order valence-corrected chi connectivity index (χ1v) is 5.57. The van der Waals surface area contributed by atoms with Gasteiger partial charge in [0, 0.05) is 18.2 Å². The van der Waals surface area contributed by atoms with Gasteiger partial charge >= 0.3 is 0 Å². The van der Waals surface area contributed by atoms with Crippen LogP contribution in [-0.4, -0.2) is 11.0 Å². The quantitative estimate of drug-likeness (QED) is 0.624. The molecule has 1 aliphatic rings. The fourth-order valence-electron chi connectivity index (χ4n) is 1.97. The lowest BCUT2D eigenvalue weighted by Gasteiger charge is -2.12. The van der Waals surface area contributed by atoms with Crippen LogP contribution in [0.25, 0.3) is 0 Å². The van der Waals surface area contributed by atoms with Crippen molar-refractivity contribution in [2.75, 3.05) is 0 Å². The maximum atomic E-state index is 10.6. The molecule has 1 unspecified atom stereocenters. The number of non-ortho nitro benzene ring substituents is 1. The molecule has 1 aromatic carbocycles. The molecule has 1 aliphatic carbocycles. The molecule has 86 valence electrons. The van der Waals surface area contributed by atoms with E-state index in [-0.39, 0.29) is 16.7 Å². The standard InChI is InChI=1S/C12H16N2O2/c1-8-6-11(14(15)16)5-4-10(8)7-12(13)9-2-3-9/h4-6,9,12H,2-3,7,13H2,1H3. The van der Waals surface area contributed by atoms with E-state index in [4.69, 9.17) is 5.73 Å². The highest BCUT2D eigenvalue weighted by Crippen LogP contribution is 2.33. The summed E-state index contributed by atoms with van der Waals surface area (Å²) in [6.07, 6.45) is 3.29. The number of nitrogens with zero attached hydrogens (tertiary/aromatic N) is 1. The van der Waals surface area contributed by atoms with Crippen LogP contribution >= 0.6 is 0 Å². The van der Waals surface area contributed by atoms with E-state index in [9.17, 15) is 10.1 Å². The third-order valence-electron chi connectivity index (χ3n) is 3.22. The largest absolute Gasteiger partial charge is 0.327 e. The average Bonchev–Trinajstić information content (AvgIpc) is 3.03. The minimum atomic E-state index is -0.363. The Kier molecular flexibility index (Phi) is 2.92. The molecule has 4 nitrogen and oxygen atoms in total. The predicted molar refractivity (Wildman–Crippen MR) is 62.2 cm³/mol. The highest BCUT2D eigenvalue weighted by molar-refractivity contribution is 5.39. The van der Waals surface area contributed by atoms with Crippen molar-refractivity contribution in [3.63, 3.8) is 0 Å². The molecule has 0 aliphatic heterocycles. The van der Waals surface area contributed by atoms with Crippen LogP contribution in [0.2, 0.25) is 0 Å². The molecule has 1 aromatic rings. The first kappa shape index (κ1) is 11.1. The Labute approximate surface area is 94.6 Å². The summed E-state index contributed by atoms with van der Waals surface area (Å²) in [5, 5.41) is 10.6. The Hall–Kier alpha value is -1.42. The molecular formula is C12H16N2O2. The Morgan fingerprint density at radius 1 is 1.56 bits per heavy atom. The van der Waals surface area contributed by atoms with Crippen molar-refractivity contribution in [3.05, 3.63) is 39.4 Å². The van der Waals surface area contributed by atoms with Gasteiger partial charge in [-0.05, 0) is 43.2 Å². The molecule has 1 atom stereocenters. The van der Waals surface area contributed by atoms with Gasteiger partial charge < -0.3 is 5.73 Å². The zero-order valence-corrected chi connectivity index (χ0v) is 9.35. The Balaban J connectivity index is 2.12. The first-order valence-electron chi connectivity index (χ1n) is 5.57. The van der Waals surface area contributed by atoms with Crippen LogP contribution in [0.4, 0.5) is 5.69 Å². The summed E-state index contributed by atoms with van der Waals surface area (Å²) in [5.74, 6) is 0.662. The van der Waals surface area contributed by atoms with Gasteiger partial charge in [0.2, 0.25) is 0 Å². The fraction of sp³-hybridized carbons (Fsp3) is 0.500. The van der Waals surface area contributed by atoms with Gasteiger partial charge in [0.15, 0.2) is 0 Å². The molecule has 0 saturated heterocycles. The van der Waals surface area contributed by atoms with E-state index in [0.29, 0.717) is 5.92 Å². The third kappa shape index (κ3) is 2.39. The van der Waals surface area contributed by atoms with E-state index in [0.717, 1.165) is 17.5 Å². The maximum absolute atomic E-state index is 10.6. The van der Waals surface area contributed by atoms with Gasteiger partial charge in [0.05, 0.1) is 4.92 Å². The molecule has 2 N–H and O–H groups in total. The summed E-state index contributed by atoms with van der Waals surface area (Å²) < 4.78 is 0. The van der Waals surface area contributed by atoms with Gasteiger partial charge in [0.1, 0.15) is 0 Å². The lowest BCUT2D eigenvalue weighted by atomic mass is 9.98. The van der Waals surface area contributed by atoms with Crippen molar-refractivity contribution in [2.45, 2.75) is 32.2 Å². The second-order valence-electron chi connectivity index (χ2n) is 4.57. The molecule has 0 heterocycles. The number of aryl methyl sites for hydroxylation is 1. The monoisotopic (exact) mass is 220 g/mol. The van der Waals surface area contributed by atoms with Crippen LogP contribution < -0.4 is 5.73 Å². The van der Waals surface area contributed by atoms with Gasteiger partial charge in [-0.25, -0.2) is 0 Å². The van der Waals surface area contributed by atoms with Crippen LogP contribution in [0, 0.1) is 23.0 Å². The van der Waals surface area contributed by atoms with Gasteiger partial charge in [-0.1, -0.05) is 6.07 Å². The molecule has 1 fully saturated rings. The van der Waals surface area contributed by atoms with Crippen molar-refractivity contribution < 1.29 is 4.92 Å². The Morgan fingerprint density at radius 3 is 2.75 bits per heavy atom. The molecule has 4 heteroatoms. The van der Waals surface area contributed by atoms with E-state index in [1.165, 1.54) is 12.8 Å². The minimum Gasteiger partial charge on any atom is -0.327 e. The molecular weight excluding hydrogens is 204 g/mol. The normalized spacial score (nSPS) is 17.1. The Morgan fingerprint density at radius 2 is 2.25 bits per heavy atom. The van der Waals surface area contributed by atoms with E-state index in [1.807, 2.05) is 13.0 Å². The van der Waals surface area contributed by atoms with Gasteiger partial charge in [-0.2, -0.15) is 0 Å². The van der Waals surface area contributed by atoms with Gasteiger partial charge in [-0.3, -0.25) is 10.1 Å². The smallest absolute Gasteiger partial charge is 0.269 e. The number of hydrogen-bond acceptors (Lipinski definition) is 3. The second-order valence-corrected chi connectivity index (χ2v) is 4.57. The van der Waals surface area contributed by atoms with E-state index >= 15 is 0 Å². The lowest BCUT2D eigenvalue weighted by molar-refractivity contribution is -0.384. The molecule has 2 rings (SSSR count). The average molecular weight is 220 g/mol. The maximum Gasteiger partial charge on any atom is 0.269 e. The number of nitro benzene ring substituents is 1. The summed E-state index contributed by atoms with van der Waals surface area (Å²) in [4.78, 5) is 10.2. The topological polar surface area (TPSA) is 69.2 Å². The van der Waals surface area contributed by atoms with Crippen LogP contribution in [0.1, 0.15) is 24.0 Å². The molecule has 0 radical (unpaired) electrons. The fourth-order valence-corrected chi connectivity index (χ4v) is 1.97. The lowest BCUT2D eigenvalue weighted by Crippen LogP contribution is -2.25. The zero-order chi connectivity index (χ0) is 11.7. The van der Waals surface area contributed by atoms with Gasteiger partial charge in [0.25, 0.3) is 5.69 Å². The predicted octanol–water partition coefficient (Wildman–Crippen LogP) is 2.18. The number of nitrogens with two attached hydrogens (primary N) is 1. The van der Waals surface area contributed by atoms with Crippen LogP contribution in [-0.2, 0) is 6.42 Å². The van der Waals surface area contributed by atoms with Crippen LogP contribution in [0.3, 0.4) is 0 Å². The van der Waals surface area contributed by atoms with Crippen LogP contribution in [0.5, 0.6) is 0 Å². The summed E-state index contributed by atoms with van der Waals surface area (Å²) >= 11 is 0. The molecule has 0 bridgehead atoms. The van der Waals surface area contributed by atoms with E-state index in [2.05, 4.69) is 0 Å². The Bertz CT molecular complexity index is 413. The molecule has 0 spiro atoms. The number of hydrogen-bond donors (Lipinski definition) is 1. The number of nitro groups is 1. The van der Waals surface area contributed by atoms with E-state index < -0.39 is 0 Å². The van der Waals surface area contributed by atoms with Crippen molar-refractivity contribution in [1.29, 1.82) is 0 Å². The molecule has 0 amide bonds. The third-order valence-corrected chi connectivity index (χ3v) is 3.22. The summed E-state index contributed by atoms with van der Waals surface area (Å²) in [7, 11) is 0. The number of rotatable bonds is 4. The van der Waals surface area contributed by atoms with Crippen molar-refractivity contribution in [2.24, 2.45) is 11.7 Å². The highest BCUT2D eigenvalue weighted by atomic mass is 16.6. The van der Waals surface area contributed by atoms with Crippen molar-refractivity contribution in [3.8, 4) is 0 Å². The summed E-state index contributed by atoms with van der Waals surface area (Å²) in [6.45, 7) is 1.90. The SMILES string of the molecule is Cc1cc([N+](=O)[O-])ccc1CC(N)C1CC1. The summed E-state index contributed by atoms with van der Waals surface area (Å²) in [6, 6.07) is 5.22. The van der Waals surface area contributed by atoms with Crippen LogP contribution in [0.15, 0.2) is 18.2 Å². The zero-order valence-electron chi connectivity index (χ0n) is 9.35. The minimum absolute atomic E-state index is 0.154. The summed E-state index contributed by atoms with van der Waals surface area (Å²) in [5.41, 5.74) is 8.29.